The fraction of sp³-hybridized carbons (Fsp3) is 0.222. The molecule has 0 radical (unpaired) electrons. The van der Waals surface area contributed by atoms with Crippen LogP contribution < -0.4 is 5.73 Å². The second-order valence-corrected chi connectivity index (χ2v) is 2.76. The lowest BCUT2D eigenvalue weighted by Gasteiger charge is -2.18. The Morgan fingerprint density at radius 1 is 1.55 bits per heavy atom. The molecule has 0 fully saturated rings. The molecule has 2 nitrogen and oxygen atoms in total. The van der Waals surface area contributed by atoms with Gasteiger partial charge in [-0.2, -0.15) is 0 Å². The summed E-state index contributed by atoms with van der Waals surface area (Å²) in [5.74, 6) is 0. The average molecular weight is 146 g/mol. The normalized spacial score (nSPS) is 27.5. The number of rotatable bonds is 0. The molecule has 0 aromatic rings. The number of dihydropyridines is 1. The molecule has 0 saturated heterocycles. The van der Waals surface area contributed by atoms with Crippen molar-refractivity contribution in [3.63, 3.8) is 0 Å². The largest absolute Gasteiger partial charge is 0.399 e. The molecular weight excluding hydrogens is 136 g/mol. The van der Waals surface area contributed by atoms with Gasteiger partial charge in [-0.3, -0.25) is 4.99 Å². The lowest BCUT2D eigenvalue weighted by Crippen LogP contribution is -2.14. The van der Waals surface area contributed by atoms with Gasteiger partial charge in [-0.1, -0.05) is 12.2 Å². The van der Waals surface area contributed by atoms with Crippen molar-refractivity contribution in [3.05, 3.63) is 35.6 Å². The van der Waals surface area contributed by atoms with Crippen LogP contribution in [0.15, 0.2) is 40.6 Å². The molecule has 0 unspecified atom stereocenters. The molecule has 0 aromatic carbocycles. The van der Waals surface area contributed by atoms with E-state index in [1.165, 1.54) is 5.57 Å². The van der Waals surface area contributed by atoms with Gasteiger partial charge in [0.1, 0.15) is 0 Å². The van der Waals surface area contributed by atoms with Crippen LogP contribution in [0.2, 0.25) is 0 Å². The van der Waals surface area contributed by atoms with Gasteiger partial charge in [0, 0.05) is 11.9 Å². The highest BCUT2D eigenvalue weighted by atomic mass is 14.8. The van der Waals surface area contributed by atoms with Crippen LogP contribution in [0.4, 0.5) is 0 Å². The molecule has 2 heteroatoms. The van der Waals surface area contributed by atoms with Crippen LogP contribution in [-0.2, 0) is 0 Å². The molecule has 0 amide bonds. The number of aliphatic imine (C=N–C) groups is 1. The summed E-state index contributed by atoms with van der Waals surface area (Å²) in [6.45, 7) is 0. The summed E-state index contributed by atoms with van der Waals surface area (Å²) in [6, 6.07) is 0.326. The van der Waals surface area contributed by atoms with E-state index in [4.69, 9.17) is 5.73 Å². The first-order valence-corrected chi connectivity index (χ1v) is 3.73. The zero-order valence-electron chi connectivity index (χ0n) is 6.20. The van der Waals surface area contributed by atoms with Crippen molar-refractivity contribution >= 4 is 6.21 Å². The van der Waals surface area contributed by atoms with Crippen LogP contribution in [0.3, 0.4) is 0 Å². The minimum absolute atomic E-state index is 0.326. The summed E-state index contributed by atoms with van der Waals surface area (Å²) in [6.07, 6.45) is 10.8. The Balaban J connectivity index is 2.33. The Hall–Kier alpha value is -1.31. The monoisotopic (exact) mass is 146 g/mol. The molecule has 1 aliphatic heterocycles. The van der Waals surface area contributed by atoms with Crippen LogP contribution in [0.1, 0.15) is 6.42 Å². The first kappa shape index (κ1) is 6.40. The molecule has 1 atom stereocenters. The summed E-state index contributed by atoms with van der Waals surface area (Å²) in [7, 11) is 0. The first-order valence-electron chi connectivity index (χ1n) is 3.73. The maximum atomic E-state index is 5.64. The minimum atomic E-state index is 0.326. The van der Waals surface area contributed by atoms with E-state index in [1.807, 2.05) is 24.4 Å². The first-order chi connectivity index (χ1) is 5.36. The molecule has 2 N–H and O–H groups in total. The molecule has 11 heavy (non-hydrogen) atoms. The van der Waals surface area contributed by atoms with Crippen molar-refractivity contribution in [2.45, 2.75) is 12.5 Å². The van der Waals surface area contributed by atoms with Crippen LogP contribution in [0, 0.1) is 0 Å². The standard InChI is InChI=1S/C9H10N2/c10-8-3-4-9-7(6-8)2-1-5-11-9/h1-3,5-6,9H,4,10H2/t9-/m1/s1. The van der Waals surface area contributed by atoms with Crippen molar-refractivity contribution in [1.82, 2.24) is 0 Å². The summed E-state index contributed by atoms with van der Waals surface area (Å²) >= 11 is 0. The van der Waals surface area contributed by atoms with Gasteiger partial charge in [-0.25, -0.2) is 0 Å². The van der Waals surface area contributed by atoms with E-state index in [9.17, 15) is 0 Å². The van der Waals surface area contributed by atoms with Gasteiger partial charge in [-0.05, 0) is 24.1 Å². The van der Waals surface area contributed by atoms with E-state index in [1.54, 1.807) is 0 Å². The average Bonchev–Trinajstić information content (AvgIpc) is 2.04. The summed E-state index contributed by atoms with van der Waals surface area (Å²) in [5, 5.41) is 0. The van der Waals surface area contributed by atoms with E-state index < -0.39 is 0 Å². The summed E-state index contributed by atoms with van der Waals surface area (Å²) < 4.78 is 0. The van der Waals surface area contributed by atoms with Crippen LogP contribution in [0.5, 0.6) is 0 Å². The SMILES string of the molecule is NC1=CC[C@H]2N=CC=CC2=C1. The maximum absolute atomic E-state index is 5.64. The van der Waals surface area contributed by atoms with Crippen molar-refractivity contribution in [1.29, 1.82) is 0 Å². The predicted molar refractivity (Wildman–Crippen MR) is 46.4 cm³/mol. The second kappa shape index (κ2) is 2.38. The highest BCUT2D eigenvalue weighted by molar-refractivity contribution is 5.74. The van der Waals surface area contributed by atoms with Crippen LogP contribution in [-0.4, -0.2) is 12.3 Å². The molecular formula is C9H10N2. The van der Waals surface area contributed by atoms with Gasteiger partial charge < -0.3 is 5.73 Å². The predicted octanol–water partition coefficient (Wildman–Crippen LogP) is 1.17. The Kier molecular flexibility index (Phi) is 1.39. The van der Waals surface area contributed by atoms with E-state index in [0.29, 0.717) is 6.04 Å². The van der Waals surface area contributed by atoms with Crippen LogP contribution in [0.25, 0.3) is 0 Å². The number of nitrogens with two attached hydrogens (primary N) is 1. The van der Waals surface area contributed by atoms with E-state index in [2.05, 4.69) is 11.1 Å². The minimum Gasteiger partial charge on any atom is -0.399 e. The van der Waals surface area contributed by atoms with Gasteiger partial charge in [0.15, 0.2) is 0 Å². The zero-order valence-corrected chi connectivity index (χ0v) is 6.20. The number of allylic oxidation sites excluding steroid dienone is 2. The third-order valence-corrected chi connectivity index (χ3v) is 1.94. The molecule has 0 saturated carbocycles. The molecule has 2 rings (SSSR count). The van der Waals surface area contributed by atoms with Gasteiger partial charge in [0.05, 0.1) is 6.04 Å². The molecule has 0 bridgehead atoms. The smallest absolute Gasteiger partial charge is 0.0784 e. The lowest BCUT2D eigenvalue weighted by atomic mass is 9.96. The maximum Gasteiger partial charge on any atom is 0.0784 e. The van der Waals surface area contributed by atoms with Gasteiger partial charge in [-0.15, -0.1) is 0 Å². The summed E-state index contributed by atoms with van der Waals surface area (Å²) in [5.41, 5.74) is 7.73. The van der Waals surface area contributed by atoms with E-state index in [-0.39, 0.29) is 0 Å². The van der Waals surface area contributed by atoms with Crippen molar-refractivity contribution in [2.75, 3.05) is 0 Å². The second-order valence-electron chi connectivity index (χ2n) is 2.76. The van der Waals surface area contributed by atoms with Crippen molar-refractivity contribution in [2.24, 2.45) is 10.7 Å². The number of nitrogens with zero attached hydrogens (tertiary/aromatic N) is 1. The van der Waals surface area contributed by atoms with E-state index in [0.717, 1.165) is 12.1 Å². The fourth-order valence-corrected chi connectivity index (χ4v) is 1.35. The third-order valence-electron chi connectivity index (χ3n) is 1.94. The zero-order chi connectivity index (χ0) is 7.68. The summed E-state index contributed by atoms with van der Waals surface area (Å²) in [4.78, 5) is 4.31. The van der Waals surface area contributed by atoms with Crippen molar-refractivity contribution in [3.8, 4) is 0 Å². The Labute approximate surface area is 65.8 Å². The molecule has 1 aliphatic carbocycles. The quantitative estimate of drug-likeness (QED) is 0.547. The van der Waals surface area contributed by atoms with E-state index >= 15 is 0 Å². The highest BCUT2D eigenvalue weighted by Crippen LogP contribution is 2.21. The lowest BCUT2D eigenvalue weighted by molar-refractivity contribution is 0.785. The van der Waals surface area contributed by atoms with Gasteiger partial charge in [0.25, 0.3) is 0 Å². The van der Waals surface area contributed by atoms with Crippen LogP contribution >= 0.6 is 0 Å². The van der Waals surface area contributed by atoms with Gasteiger partial charge in [0.2, 0.25) is 0 Å². The number of hydrogen-bond donors (Lipinski definition) is 1. The highest BCUT2D eigenvalue weighted by Gasteiger charge is 2.14. The number of hydrogen-bond acceptors (Lipinski definition) is 2. The molecule has 0 aromatic heterocycles. The Morgan fingerprint density at radius 3 is 3.36 bits per heavy atom. The van der Waals surface area contributed by atoms with Gasteiger partial charge >= 0.3 is 0 Å². The fourth-order valence-electron chi connectivity index (χ4n) is 1.35. The molecule has 56 valence electrons. The molecule has 1 heterocycles. The topological polar surface area (TPSA) is 38.4 Å². The Morgan fingerprint density at radius 2 is 2.45 bits per heavy atom. The van der Waals surface area contributed by atoms with Crippen molar-refractivity contribution < 1.29 is 0 Å². The third kappa shape index (κ3) is 1.11. The molecule has 0 spiro atoms. The number of fused-ring (bicyclic) bond motifs is 1. The molecule has 2 aliphatic rings. The Bertz CT molecular complexity index is 282.